The van der Waals surface area contributed by atoms with Crippen LogP contribution in [0.1, 0.15) is 0 Å². The van der Waals surface area contributed by atoms with Gasteiger partial charge in [0.1, 0.15) is 0 Å². The summed E-state index contributed by atoms with van der Waals surface area (Å²) in [5, 5.41) is 0. The normalized spacial score (nSPS) is 3.00. The summed E-state index contributed by atoms with van der Waals surface area (Å²) in [5.74, 6) is 0. The van der Waals surface area contributed by atoms with Crippen molar-refractivity contribution in [3.05, 3.63) is 0 Å². The Labute approximate surface area is 34.8 Å². The maximum atomic E-state index is 8.58. The van der Waals surface area contributed by atoms with Crippen LogP contribution in [0.5, 0.6) is 0 Å². The summed E-state index contributed by atoms with van der Waals surface area (Å²) in [4.78, 5) is 8.58. The molecule has 1 amide bonds. The second kappa shape index (κ2) is 12.1. The standard InChI is InChI=1S/CH3NO.Fe/c2-1-3;/h1H,(H2,2,3);. The first kappa shape index (κ1) is 9.01. The van der Waals surface area contributed by atoms with E-state index >= 15 is 0 Å². The van der Waals surface area contributed by atoms with Crippen LogP contribution >= 0.6 is 0 Å². The number of amides is 1. The Balaban J connectivity index is 0. The third kappa shape index (κ3) is 17600. The molecule has 0 aromatic rings. The van der Waals surface area contributed by atoms with E-state index in [0.717, 1.165) is 0 Å². The van der Waals surface area contributed by atoms with Gasteiger partial charge in [0.15, 0.2) is 0 Å². The van der Waals surface area contributed by atoms with E-state index in [-0.39, 0.29) is 23.5 Å². The Morgan fingerprint density at radius 2 is 1.75 bits per heavy atom. The van der Waals surface area contributed by atoms with E-state index in [0.29, 0.717) is 0 Å². The van der Waals surface area contributed by atoms with E-state index in [2.05, 4.69) is 5.73 Å². The van der Waals surface area contributed by atoms with Crippen molar-refractivity contribution in [1.82, 2.24) is 0 Å². The molecular formula is CH3FeNO. The maximum Gasteiger partial charge on any atom is 0.204 e. The van der Waals surface area contributed by atoms with Crippen molar-refractivity contribution in [2.75, 3.05) is 0 Å². The second-order valence-corrected chi connectivity index (χ2v) is 0.136. The van der Waals surface area contributed by atoms with Crippen molar-refractivity contribution >= 4 is 6.41 Å². The Bertz CT molecular complexity index is 15.5. The maximum absolute atomic E-state index is 8.58. The quantitative estimate of drug-likeness (QED) is 0.311. The monoisotopic (exact) mass is 101 g/mol. The van der Waals surface area contributed by atoms with Gasteiger partial charge in [0.2, 0.25) is 6.41 Å². The van der Waals surface area contributed by atoms with E-state index in [1.165, 1.54) is 0 Å². The molecular weight excluding hydrogens is 97.9 g/mol. The van der Waals surface area contributed by atoms with Crippen LogP contribution in [0.4, 0.5) is 0 Å². The molecule has 0 atom stereocenters. The largest absolute Gasteiger partial charge is 0.372 e. The molecule has 2 nitrogen and oxygen atoms in total. The Morgan fingerprint density at radius 1 is 1.75 bits per heavy atom. The summed E-state index contributed by atoms with van der Waals surface area (Å²) in [7, 11) is 0. The summed E-state index contributed by atoms with van der Waals surface area (Å²) < 4.78 is 0. The van der Waals surface area contributed by atoms with Crippen LogP contribution in [0.2, 0.25) is 0 Å². The minimum atomic E-state index is 0. The van der Waals surface area contributed by atoms with Crippen LogP contribution in [0.25, 0.3) is 0 Å². The van der Waals surface area contributed by atoms with Crippen molar-refractivity contribution in [3.63, 3.8) is 0 Å². The van der Waals surface area contributed by atoms with Crippen LogP contribution in [-0.2, 0) is 21.9 Å². The van der Waals surface area contributed by atoms with Gasteiger partial charge in [0.05, 0.1) is 0 Å². The molecule has 2 N–H and O–H groups in total. The van der Waals surface area contributed by atoms with Crippen molar-refractivity contribution in [3.8, 4) is 0 Å². The van der Waals surface area contributed by atoms with Gasteiger partial charge in [-0.05, 0) is 0 Å². The van der Waals surface area contributed by atoms with Gasteiger partial charge in [-0.2, -0.15) is 0 Å². The fourth-order valence-corrected chi connectivity index (χ4v) is 0. The van der Waals surface area contributed by atoms with Gasteiger partial charge < -0.3 is 5.73 Å². The molecule has 0 saturated carbocycles. The molecule has 0 aromatic heterocycles. The molecule has 0 radical (unpaired) electrons. The third-order valence-corrected chi connectivity index (χ3v) is 0. The number of nitrogens with two attached hydrogens (primary N) is 1. The number of primary amides is 1. The fraction of sp³-hybridized carbons (Fsp3) is 0. The summed E-state index contributed by atoms with van der Waals surface area (Å²) in [6.07, 6.45) is 0.250. The Kier molecular flexibility index (Phi) is 27.2. The minimum absolute atomic E-state index is 0. The zero-order chi connectivity index (χ0) is 2.71. The second-order valence-electron chi connectivity index (χ2n) is 0.136. The predicted molar refractivity (Wildman–Crippen MR) is 10.3 cm³/mol. The molecule has 0 fully saturated rings. The average molecular weight is 101 g/mol. The van der Waals surface area contributed by atoms with Gasteiger partial charge in [0.25, 0.3) is 0 Å². The minimum Gasteiger partial charge on any atom is -0.372 e. The van der Waals surface area contributed by atoms with Gasteiger partial charge in [-0.15, -0.1) is 0 Å². The van der Waals surface area contributed by atoms with E-state index in [1.54, 1.807) is 0 Å². The van der Waals surface area contributed by atoms with Crippen LogP contribution in [0.15, 0.2) is 0 Å². The molecule has 26 valence electrons. The van der Waals surface area contributed by atoms with Crippen molar-refractivity contribution < 1.29 is 21.9 Å². The zero-order valence-electron chi connectivity index (χ0n) is 1.92. The van der Waals surface area contributed by atoms with Gasteiger partial charge >= 0.3 is 0 Å². The van der Waals surface area contributed by atoms with E-state index in [4.69, 9.17) is 4.79 Å². The number of hydrogen-bond acceptors (Lipinski definition) is 1. The first-order valence-electron chi connectivity index (χ1n) is 0.569. The summed E-state index contributed by atoms with van der Waals surface area (Å²) in [6, 6.07) is 0. The SMILES string of the molecule is NC=O.[Fe]. The number of carbonyl (C=O) groups is 1. The predicted octanol–water partition coefficient (Wildman–Crippen LogP) is -0.901. The van der Waals surface area contributed by atoms with Crippen LogP contribution in [0.3, 0.4) is 0 Å². The van der Waals surface area contributed by atoms with Crippen molar-refractivity contribution in [2.24, 2.45) is 5.73 Å². The van der Waals surface area contributed by atoms with Gasteiger partial charge in [-0.1, -0.05) is 0 Å². The van der Waals surface area contributed by atoms with Crippen LogP contribution in [0, 0.1) is 0 Å². The molecule has 0 heterocycles. The van der Waals surface area contributed by atoms with Crippen LogP contribution in [-0.4, -0.2) is 6.41 Å². The van der Waals surface area contributed by atoms with Gasteiger partial charge in [0, 0.05) is 17.1 Å². The van der Waals surface area contributed by atoms with E-state index < -0.39 is 0 Å². The van der Waals surface area contributed by atoms with Crippen LogP contribution < -0.4 is 5.73 Å². The fourth-order valence-electron chi connectivity index (χ4n) is 0. The number of carbonyl (C=O) groups excluding carboxylic acids is 1. The molecule has 0 aliphatic carbocycles. The molecule has 0 spiro atoms. The van der Waals surface area contributed by atoms with E-state index in [1.807, 2.05) is 0 Å². The first-order chi connectivity index (χ1) is 1.41. The molecule has 0 unspecified atom stereocenters. The zero-order valence-corrected chi connectivity index (χ0v) is 3.02. The molecule has 0 saturated heterocycles. The summed E-state index contributed by atoms with van der Waals surface area (Å²) >= 11 is 0. The smallest absolute Gasteiger partial charge is 0.204 e. The summed E-state index contributed by atoms with van der Waals surface area (Å²) in [5.41, 5.74) is 4.17. The molecule has 0 aliphatic heterocycles. The number of hydrogen-bond donors (Lipinski definition) is 1. The molecule has 4 heavy (non-hydrogen) atoms. The average Bonchev–Trinajstić information content (AvgIpc) is 0.918. The third-order valence-electron chi connectivity index (χ3n) is 0. The molecule has 3 heteroatoms. The molecule has 0 bridgehead atoms. The van der Waals surface area contributed by atoms with Gasteiger partial charge in [-0.25, -0.2) is 0 Å². The van der Waals surface area contributed by atoms with Crippen molar-refractivity contribution in [2.45, 2.75) is 0 Å². The Hall–Kier alpha value is -0.0105. The molecule has 0 rings (SSSR count). The molecule has 0 aliphatic rings. The molecule has 0 aromatic carbocycles. The van der Waals surface area contributed by atoms with Crippen molar-refractivity contribution in [1.29, 1.82) is 0 Å². The topological polar surface area (TPSA) is 43.1 Å². The van der Waals surface area contributed by atoms with E-state index in [9.17, 15) is 0 Å². The van der Waals surface area contributed by atoms with Gasteiger partial charge in [-0.3, -0.25) is 4.79 Å². The first-order valence-corrected chi connectivity index (χ1v) is 0.569. The summed E-state index contributed by atoms with van der Waals surface area (Å²) in [6.45, 7) is 0. The Morgan fingerprint density at radius 3 is 1.75 bits per heavy atom. The number of rotatable bonds is 0.